The van der Waals surface area contributed by atoms with Crippen LogP contribution in [0.15, 0.2) is 64.2 Å². The van der Waals surface area contributed by atoms with Gasteiger partial charge in [0.25, 0.3) is 5.91 Å². The van der Waals surface area contributed by atoms with E-state index in [2.05, 4.69) is 26.4 Å². The molecule has 23 heavy (non-hydrogen) atoms. The van der Waals surface area contributed by atoms with Gasteiger partial charge in [-0.05, 0) is 24.1 Å². The van der Waals surface area contributed by atoms with Crippen LogP contribution >= 0.6 is 15.9 Å². The number of rotatable bonds is 5. The van der Waals surface area contributed by atoms with Gasteiger partial charge in [-0.15, -0.1) is 0 Å². The summed E-state index contributed by atoms with van der Waals surface area (Å²) in [5.41, 5.74) is 2.97. The molecule has 1 heterocycles. The first-order chi connectivity index (χ1) is 11.2. The lowest BCUT2D eigenvalue weighted by atomic mass is 10.0. The molecular weight excluding hydrogens is 356 g/mol. The summed E-state index contributed by atoms with van der Waals surface area (Å²) in [6.07, 6.45) is 0.756. The number of hydrogen-bond donors (Lipinski definition) is 1. The zero-order chi connectivity index (χ0) is 16.1. The van der Waals surface area contributed by atoms with Crippen LogP contribution in [-0.2, 0) is 16.1 Å². The average Bonchev–Trinajstić information content (AvgIpc) is 3.06. The van der Waals surface area contributed by atoms with Crippen molar-refractivity contribution in [3.05, 3.63) is 70.2 Å². The van der Waals surface area contributed by atoms with Gasteiger partial charge in [-0.2, -0.15) is 0 Å². The summed E-state index contributed by atoms with van der Waals surface area (Å²) in [5.74, 6) is -0.116. The van der Waals surface area contributed by atoms with Crippen molar-refractivity contribution in [1.82, 2.24) is 5.32 Å². The van der Waals surface area contributed by atoms with E-state index in [9.17, 15) is 4.79 Å². The Hall–Kier alpha value is -2.14. The van der Waals surface area contributed by atoms with E-state index in [1.165, 1.54) is 5.56 Å². The Labute approximate surface area is 143 Å². The van der Waals surface area contributed by atoms with Gasteiger partial charge in [0.05, 0.1) is 5.71 Å². The van der Waals surface area contributed by atoms with Gasteiger partial charge in [-0.25, -0.2) is 0 Å². The second-order valence-electron chi connectivity index (χ2n) is 5.37. The van der Waals surface area contributed by atoms with E-state index in [0.29, 0.717) is 13.0 Å². The standard InChI is InChI=1S/C18H17BrN2O2/c19-15-8-4-7-14(11-15)16-12-17(23-21-16)18(22)20-10-9-13-5-2-1-3-6-13/h1-8,11,17H,9-10,12H2,(H,20,22)/t17-/m1/s1. The van der Waals surface area contributed by atoms with Crippen molar-refractivity contribution in [3.8, 4) is 0 Å². The lowest BCUT2D eigenvalue weighted by Gasteiger charge is -2.09. The van der Waals surface area contributed by atoms with Crippen LogP contribution in [0.4, 0.5) is 0 Å². The molecule has 1 atom stereocenters. The lowest BCUT2D eigenvalue weighted by Crippen LogP contribution is -2.36. The Bertz CT molecular complexity index is 716. The van der Waals surface area contributed by atoms with E-state index in [1.54, 1.807) is 0 Å². The summed E-state index contributed by atoms with van der Waals surface area (Å²) in [6.45, 7) is 0.592. The number of nitrogens with one attached hydrogen (secondary N) is 1. The monoisotopic (exact) mass is 372 g/mol. The zero-order valence-electron chi connectivity index (χ0n) is 12.5. The molecule has 1 amide bonds. The molecule has 1 aliphatic rings. The van der Waals surface area contributed by atoms with Gasteiger partial charge < -0.3 is 10.2 Å². The summed E-state index contributed by atoms with van der Waals surface area (Å²) in [6, 6.07) is 17.9. The van der Waals surface area contributed by atoms with Gasteiger partial charge in [0.2, 0.25) is 6.10 Å². The first kappa shape index (κ1) is 15.7. The third-order valence-electron chi connectivity index (χ3n) is 3.67. The van der Waals surface area contributed by atoms with Gasteiger partial charge in [0, 0.05) is 23.0 Å². The molecule has 2 aromatic carbocycles. The van der Waals surface area contributed by atoms with Crippen LogP contribution in [0.2, 0.25) is 0 Å². The highest BCUT2D eigenvalue weighted by atomic mass is 79.9. The van der Waals surface area contributed by atoms with Crippen molar-refractivity contribution < 1.29 is 9.63 Å². The maximum Gasteiger partial charge on any atom is 0.264 e. The fraction of sp³-hybridized carbons (Fsp3) is 0.222. The van der Waals surface area contributed by atoms with Gasteiger partial charge in [0.15, 0.2) is 0 Å². The molecule has 1 aliphatic heterocycles. The molecule has 0 unspecified atom stereocenters. The third kappa shape index (κ3) is 4.20. The van der Waals surface area contributed by atoms with E-state index in [-0.39, 0.29) is 5.91 Å². The number of carbonyl (C=O) groups excluding carboxylic acids is 1. The second kappa shape index (κ2) is 7.42. The van der Waals surface area contributed by atoms with Crippen LogP contribution in [-0.4, -0.2) is 24.3 Å². The van der Waals surface area contributed by atoms with E-state index >= 15 is 0 Å². The Kier molecular flexibility index (Phi) is 5.08. The minimum atomic E-state index is -0.542. The highest BCUT2D eigenvalue weighted by molar-refractivity contribution is 9.10. The lowest BCUT2D eigenvalue weighted by molar-refractivity contribution is -0.131. The number of halogens is 1. The highest BCUT2D eigenvalue weighted by Gasteiger charge is 2.28. The first-order valence-corrected chi connectivity index (χ1v) is 8.32. The minimum absolute atomic E-state index is 0.116. The average molecular weight is 373 g/mol. The highest BCUT2D eigenvalue weighted by Crippen LogP contribution is 2.19. The molecule has 0 radical (unpaired) electrons. The van der Waals surface area contributed by atoms with Gasteiger partial charge in [0.1, 0.15) is 0 Å². The molecule has 0 aliphatic carbocycles. The quantitative estimate of drug-likeness (QED) is 0.875. The van der Waals surface area contributed by atoms with E-state index in [4.69, 9.17) is 4.84 Å². The number of hydrogen-bond acceptors (Lipinski definition) is 3. The van der Waals surface area contributed by atoms with Crippen LogP contribution in [0.1, 0.15) is 17.5 Å². The smallest absolute Gasteiger partial charge is 0.264 e. The molecule has 0 fully saturated rings. The first-order valence-electron chi connectivity index (χ1n) is 7.52. The molecule has 0 bridgehead atoms. The maximum absolute atomic E-state index is 12.2. The van der Waals surface area contributed by atoms with Gasteiger partial charge >= 0.3 is 0 Å². The SMILES string of the molecule is O=C(NCCc1ccccc1)[C@H]1CC(c2cccc(Br)c2)=NO1. The van der Waals surface area contributed by atoms with Crippen molar-refractivity contribution in [2.75, 3.05) is 6.54 Å². The number of benzene rings is 2. The summed E-state index contributed by atoms with van der Waals surface area (Å²) in [5, 5.41) is 6.96. The summed E-state index contributed by atoms with van der Waals surface area (Å²) in [4.78, 5) is 17.4. The number of nitrogens with zero attached hydrogens (tertiary/aromatic N) is 1. The van der Waals surface area contributed by atoms with E-state index in [0.717, 1.165) is 22.2 Å². The predicted octanol–water partition coefficient (Wildman–Crippen LogP) is 3.30. The topological polar surface area (TPSA) is 50.7 Å². The minimum Gasteiger partial charge on any atom is -0.382 e. The molecule has 0 spiro atoms. The van der Waals surface area contributed by atoms with Gasteiger partial charge in [-0.3, -0.25) is 4.79 Å². The normalized spacial score (nSPS) is 16.6. The Morgan fingerprint density at radius 3 is 2.83 bits per heavy atom. The van der Waals surface area contributed by atoms with Crippen LogP contribution < -0.4 is 5.32 Å². The molecule has 118 valence electrons. The fourth-order valence-corrected chi connectivity index (χ4v) is 2.84. The van der Waals surface area contributed by atoms with Crippen LogP contribution in [0.5, 0.6) is 0 Å². The Morgan fingerprint density at radius 2 is 2.04 bits per heavy atom. The molecule has 0 saturated carbocycles. The van der Waals surface area contributed by atoms with Crippen molar-refractivity contribution in [1.29, 1.82) is 0 Å². The van der Waals surface area contributed by atoms with Gasteiger partial charge in [-0.1, -0.05) is 63.6 Å². The van der Waals surface area contributed by atoms with Crippen molar-refractivity contribution in [2.45, 2.75) is 18.9 Å². The summed E-state index contributed by atoms with van der Waals surface area (Å²) in [7, 11) is 0. The Balaban J connectivity index is 1.49. The summed E-state index contributed by atoms with van der Waals surface area (Å²) < 4.78 is 0.980. The number of oxime groups is 1. The van der Waals surface area contributed by atoms with E-state index < -0.39 is 6.10 Å². The Morgan fingerprint density at radius 1 is 1.22 bits per heavy atom. The molecule has 1 N–H and O–H groups in total. The maximum atomic E-state index is 12.2. The molecule has 0 saturated heterocycles. The fourth-order valence-electron chi connectivity index (χ4n) is 2.45. The third-order valence-corrected chi connectivity index (χ3v) is 4.17. The predicted molar refractivity (Wildman–Crippen MR) is 93.3 cm³/mol. The number of carbonyl (C=O) groups is 1. The molecule has 3 rings (SSSR count). The molecule has 4 nitrogen and oxygen atoms in total. The van der Waals surface area contributed by atoms with E-state index in [1.807, 2.05) is 54.6 Å². The zero-order valence-corrected chi connectivity index (χ0v) is 14.1. The van der Waals surface area contributed by atoms with Crippen LogP contribution in [0.3, 0.4) is 0 Å². The largest absolute Gasteiger partial charge is 0.382 e. The van der Waals surface area contributed by atoms with Crippen molar-refractivity contribution in [3.63, 3.8) is 0 Å². The molecule has 0 aromatic heterocycles. The molecular formula is C18H17BrN2O2. The second-order valence-corrected chi connectivity index (χ2v) is 6.29. The summed E-state index contributed by atoms with van der Waals surface area (Å²) >= 11 is 3.43. The molecule has 2 aromatic rings. The number of amides is 1. The van der Waals surface area contributed by atoms with Crippen LogP contribution in [0, 0.1) is 0 Å². The van der Waals surface area contributed by atoms with Crippen molar-refractivity contribution >= 4 is 27.5 Å². The van der Waals surface area contributed by atoms with Crippen LogP contribution in [0.25, 0.3) is 0 Å². The molecule has 5 heteroatoms. The van der Waals surface area contributed by atoms with Crippen molar-refractivity contribution in [2.24, 2.45) is 5.16 Å².